The Hall–Kier alpha value is -0.0800. The van der Waals surface area contributed by atoms with Crippen LogP contribution in [0.1, 0.15) is 34.1 Å². The summed E-state index contributed by atoms with van der Waals surface area (Å²) in [7, 11) is 2.17. The minimum Gasteiger partial charge on any atom is -0.367 e. The van der Waals surface area contributed by atoms with Crippen molar-refractivity contribution in [3.8, 4) is 0 Å². The van der Waals surface area contributed by atoms with Crippen molar-refractivity contribution in [3.63, 3.8) is 0 Å². The summed E-state index contributed by atoms with van der Waals surface area (Å²) < 4.78 is 5.51. The first-order valence-electron chi connectivity index (χ1n) is 4.84. The van der Waals surface area contributed by atoms with E-state index in [1.807, 2.05) is 0 Å². The van der Waals surface area contributed by atoms with Gasteiger partial charge in [-0.2, -0.15) is 0 Å². The lowest BCUT2D eigenvalue weighted by atomic mass is 10.0. The number of epoxide rings is 1. The standard InChI is InChI=1S/C10H21NO/c1-8(2)11(5)7-6-10(4)9(3)12-10/h8-9H,6-7H2,1-5H3. The maximum absolute atomic E-state index is 5.51. The van der Waals surface area contributed by atoms with Crippen LogP contribution in [0.2, 0.25) is 0 Å². The van der Waals surface area contributed by atoms with Gasteiger partial charge in [0.2, 0.25) is 0 Å². The van der Waals surface area contributed by atoms with Crippen molar-refractivity contribution < 1.29 is 4.74 Å². The van der Waals surface area contributed by atoms with E-state index >= 15 is 0 Å². The number of rotatable bonds is 4. The highest BCUT2D eigenvalue weighted by atomic mass is 16.6. The smallest absolute Gasteiger partial charge is 0.0929 e. The SMILES string of the molecule is CC(C)N(C)CCC1(C)OC1C. The molecule has 2 heteroatoms. The summed E-state index contributed by atoms with van der Waals surface area (Å²) in [6, 6.07) is 0.641. The second-order valence-corrected chi connectivity index (χ2v) is 4.40. The molecule has 12 heavy (non-hydrogen) atoms. The van der Waals surface area contributed by atoms with E-state index in [4.69, 9.17) is 4.74 Å². The lowest BCUT2D eigenvalue weighted by Crippen LogP contribution is -2.30. The molecule has 1 fully saturated rings. The number of hydrogen-bond donors (Lipinski definition) is 0. The molecule has 0 aromatic rings. The van der Waals surface area contributed by atoms with Crippen LogP contribution >= 0.6 is 0 Å². The summed E-state index contributed by atoms with van der Waals surface area (Å²) >= 11 is 0. The van der Waals surface area contributed by atoms with Crippen molar-refractivity contribution in [2.45, 2.75) is 51.9 Å². The van der Waals surface area contributed by atoms with Crippen LogP contribution in [-0.2, 0) is 4.74 Å². The Kier molecular flexibility index (Phi) is 2.79. The van der Waals surface area contributed by atoms with Crippen LogP contribution in [0, 0.1) is 0 Å². The molecule has 0 bridgehead atoms. The topological polar surface area (TPSA) is 15.8 Å². The summed E-state index contributed by atoms with van der Waals surface area (Å²) in [6.07, 6.45) is 1.63. The highest BCUT2D eigenvalue weighted by molar-refractivity contribution is 4.96. The predicted molar refractivity (Wildman–Crippen MR) is 51.3 cm³/mol. The predicted octanol–water partition coefficient (Wildman–Crippen LogP) is 1.89. The molecule has 0 radical (unpaired) electrons. The van der Waals surface area contributed by atoms with Crippen LogP contribution in [0.4, 0.5) is 0 Å². The lowest BCUT2D eigenvalue weighted by molar-refractivity contribution is 0.225. The third-order valence-corrected chi connectivity index (χ3v) is 3.09. The first-order valence-corrected chi connectivity index (χ1v) is 4.84. The molecule has 1 saturated heterocycles. The number of nitrogens with zero attached hydrogens (tertiary/aromatic N) is 1. The maximum atomic E-state index is 5.51. The first kappa shape index (κ1) is 10.0. The van der Waals surface area contributed by atoms with E-state index in [9.17, 15) is 0 Å². The third-order valence-electron chi connectivity index (χ3n) is 3.09. The van der Waals surface area contributed by atoms with Gasteiger partial charge in [0.05, 0.1) is 11.7 Å². The Balaban J connectivity index is 2.18. The molecule has 2 atom stereocenters. The van der Waals surface area contributed by atoms with E-state index < -0.39 is 0 Å². The van der Waals surface area contributed by atoms with Crippen molar-refractivity contribution in [1.29, 1.82) is 0 Å². The second kappa shape index (κ2) is 3.35. The Bertz CT molecular complexity index is 158. The average Bonchev–Trinajstić information content (AvgIpc) is 2.56. The van der Waals surface area contributed by atoms with Crippen molar-refractivity contribution in [1.82, 2.24) is 4.90 Å². The fraction of sp³-hybridized carbons (Fsp3) is 1.00. The van der Waals surface area contributed by atoms with Gasteiger partial charge in [-0.1, -0.05) is 0 Å². The van der Waals surface area contributed by atoms with Gasteiger partial charge >= 0.3 is 0 Å². The summed E-state index contributed by atoms with van der Waals surface area (Å²) in [5, 5.41) is 0. The van der Waals surface area contributed by atoms with E-state index in [0.29, 0.717) is 12.1 Å². The van der Waals surface area contributed by atoms with E-state index in [-0.39, 0.29) is 5.60 Å². The molecule has 0 aliphatic carbocycles. The highest BCUT2D eigenvalue weighted by Gasteiger charge is 2.48. The molecule has 0 amide bonds. The first-order chi connectivity index (χ1) is 5.46. The zero-order valence-electron chi connectivity index (χ0n) is 8.92. The van der Waals surface area contributed by atoms with E-state index in [1.54, 1.807) is 0 Å². The summed E-state index contributed by atoms with van der Waals surface area (Å²) in [5.74, 6) is 0. The molecular formula is C10H21NO. The summed E-state index contributed by atoms with van der Waals surface area (Å²) in [6.45, 7) is 9.93. The van der Waals surface area contributed by atoms with Gasteiger partial charge in [-0.25, -0.2) is 0 Å². The molecule has 1 rings (SSSR count). The zero-order valence-corrected chi connectivity index (χ0v) is 8.92. The molecule has 0 aromatic heterocycles. The van der Waals surface area contributed by atoms with Crippen molar-refractivity contribution in [2.24, 2.45) is 0 Å². The van der Waals surface area contributed by atoms with Crippen molar-refractivity contribution in [3.05, 3.63) is 0 Å². The van der Waals surface area contributed by atoms with Gasteiger partial charge in [0.15, 0.2) is 0 Å². The van der Waals surface area contributed by atoms with Crippen LogP contribution in [0.5, 0.6) is 0 Å². The minimum absolute atomic E-state index is 0.184. The van der Waals surface area contributed by atoms with Gasteiger partial charge in [0, 0.05) is 12.6 Å². The van der Waals surface area contributed by atoms with Gasteiger partial charge in [-0.3, -0.25) is 0 Å². The largest absolute Gasteiger partial charge is 0.367 e. The Labute approximate surface area is 75.9 Å². The van der Waals surface area contributed by atoms with Crippen LogP contribution < -0.4 is 0 Å². The second-order valence-electron chi connectivity index (χ2n) is 4.40. The average molecular weight is 171 g/mol. The fourth-order valence-corrected chi connectivity index (χ4v) is 1.29. The van der Waals surface area contributed by atoms with Crippen LogP contribution in [0.15, 0.2) is 0 Å². The Morgan fingerprint density at radius 3 is 2.33 bits per heavy atom. The van der Waals surface area contributed by atoms with Crippen LogP contribution in [0.25, 0.3) is 0 Å². The maximum Gasteiger partial charge on any atom is 0.0929 e. The molecule has 2 unspecified atom stereocenters. The molecule has 72 valence electrons. The normalized spacial score (nSPS) is 34.8. The zero-order chi connectivity index (χ0) is 9.35. The van der Waals surface area contributed by atoms with Crippen molar-refractivity contribution in [2.75, 3.05) is 13.6 Å². The van der Waals surface area contributed by atoms with Gasteiger partial charge in [-0.15, -0.1) is 0 Å². The van der Waals surface area contributed by atoms with E-state index in [1.165, 1.54) is 0 Å². The van der Waals surface area contributed by atoms with Crippen LogP contribution in [0.3, 0.4) is 0 Å². The summed E-state index contributed by atoms with van der Waals surface area (Å²) in [5.41, 5.74) is 0.184. The van der Waals surface area contributed by atoms with Gasteiger partial charge in [0.25, 0.3) is 0 Å². The molecule has 1 aliphatic heterocycles. The van der Waals surface area contributed by atoms with Gasteiger partial charge in [-0.05, 0) is 41.2 Å². The van der Waals surface area contributed by atoms with Gasteiger partial charge < -0.3 is 9.64 Å². The molecule has 0 N–H and O–H groups in total. The van der Waals surface area contributed by atoms with E-state index in [2.05, 4.69) is 39.6 Å². The molecular weight excluding hydrogens is 150 g/mol. The highest BCUT2D eigenvalue weighted by Crippen LogP contribution is 2.38. The minimum atomic E-state index is 0.184. The number of hydrogen-bond acceptors (Lipinski definition) is 2. The lowest BCUT2D eigenvalue weighted by Gasteiger charge is -2.21. The monoisotopic (exact) mass is 171 g/mol. The van der Waals surface area contributed by atoms with Crippen molar-refractivity contribution >= 4 is 0 Å². The molecule has 2 nitrogen and oxygen atoms in total. The number of ether oxygens (including phenoxy) is 1. The Morgan fingerprint density at radius 1 is 1.50 bits per heavy atom. The van der Waals surface area contributed by atoms with Gasteiger partial charge in [0.1, 0.15) is 0 Å². The third kappa shape index (κ3) is 2.20. The quantitative estimate of drug-likeness (QED) is 0.600. The molecule has 0 aromatic carbocycles. The fourth-order valence-electron chi connectivity index (χ4n) is 1.29. The molecule has 1 heterocycles. The molecule has 0 saturated carbocycles. The Morgan fingerprint density at radius 2 is 2.00 bits per heavy atom. The molecule has 1 aliphatic rings. The van der Waals surface area contributed by atoms with E-state index in [0.717, 1.165) is 13.0 Å². The molecule has 0 spiro atoms. The van der Waals surface area contributed by atoms with Crippen LogP contribution in [-0.4, -0.2) is 36.2 Å². The summed E-state index contributed by atoms with van der Waals surface area (Å²) in [4.78, 5) is 2.36.